The minimum Gasteiger partial charge on any atom is -0.483 e. The lowest BCUT2D eigenvalue weighted by molar-refractivity contribution is -0.154. The van der Waals surface area contributed by atoms with Crippen LogP contribution in [0.4, 0.5) is 0 Å². The smallest absolute Gasteiger partial charge is 0.323 e. The molecule has 2 unspecified atom stereocenters. The second-order valence-corrected chi connectivity index (χ2v) is 6.50. The number of aromatic nitrogens is 2. The van der Waals surface area contributed by atoms with Crippen molar-refractivity contribution in [1.82, 2.24) is 9.97 Å². The monoisotopic (exact) mass is 408 g/mol. The molecule has 0 aliphatic carbocycles. The van der Waals surface area contributed by atoms with Crippen LogP contribution in [0.25, 0.3) is 11.0 Å². The number of hydrogen-bond acceptors (Lipinski definition) is 8. The average molecular weight is 408 g/mol. The fourth-order valence-corrected chi connectivity index (χ4v) is 2.79. The lowest BCUT2D eigenvalue weighted by Crippen LogP contribution is -2.39. The Morgan fingerprint density at radius 2 is 1.57 bits per heavy atom. The number of fused-ring (bicyclic) bond motifs is 1. The van der Waals surface area contributed by atoms with Crippen molar-refractivity contribution in [3.8, 4) is 17.4 Å². The van der Waals surface area contributed by atoms with Crippen LogP contribution in [0, 0.1) is 5.92 Å². The van der Waals surface area contributed by atoms with Gasteiger partial charge in [0.2, 0.25) is 5.88 Å². The number of benzene rings is 2. The van der Waals surface area contributed by atoms with Gasteiger partial charge in [-0.1, -0.05) is 12.1 Å². The highest BCUT2D eigenvalue weighted by molar-refractivity contribution is 6.17. The molecular weight excluding hydrogens is 388 g/mol. The lowest BCUT2D eigenvalue weighted by atomic mass is 9.96. The Hall–Kier alpha value is -3.81. The topological polar surface area (TPSA) is 105 Å². The first-order valence-electron chi connectivity index (χ1n) is 9.17. The van der Waals surface area contributed by atoms with E-state index >= 15 is 0 Å². The first-order chi connectivity index (χ1) is 14.4. The van der Waals surface area contributed by atoms with Crippen LogP contribution >= 0.6 is 0 Å². The van der Waals surface area contributed by atoms with E-state index in [2.05, 4.69) is 14.7 Å². The van der Waals surface area contributed by atoms with E-state index in [-0.39, 0.29) is 0 Å². The molecule has 1 heterocycles. The molecule has 154 valence electrons. The molecule has 0 radical (unpaired) electrons. The number of ketones is 2. The molecule has 0 N–H and O–H groups in total. The van der Waals surface area contributed by atoms with E-state index in [9.17, 15) is 14.4 Å². The number of esters is 1. The number of para-hydroxylation sites is 2. The molecule has 3 rings (SSSR count). The Morgan fingerprint density at radius 3 is 2.20 bits per heavy atom. The fourth-order valence-electron chi connectivity index (χ4n) is 2.79. The molecule has 2 atom stereocenters. The van der Waals surface area contributed by atoms with Crippen molar-refractivity contribution in [2.24, 2.45) is 5.92 Å². The molecule has 0 spiro atoms. The molecule has 2 aromatic carbocycles. The minimum atomic E-state index is -1.50. The predicted molar refractivity (Wildman–Crippen MR) is 107 cm³/mol. The van der Waals surface area contributed by atoms with Crippen LogP contribution in [0.1, 0.15) is 13.8 Å². The highest BCUT2D eigenvalue weighted by Gasteiger charge is 2.36. The largest absolute Gasteiger partial charge is 0.483 e. The van der Waals surface area contributed by atoms with Crippen LogP contribution in [-0.2, 0) is 19.1 Å². The van der Waals surface area contributed by atoms with Crippen molar-refractivity contribution in [1.29, 1.82) is 0 Å². The number of rotatable bonds is 8. The van der Waals surface area contributed by atoms with Gasteiger partial charge in [-0.25, -0.2) is 9.97 Å². The summed E-state index contributed by atoms with van der Waals surface area (Å²) in [7, 11) is 1.12. The van der Waals surface area contributed by atoms with E-state index in [0.29, 0.717) is 22.9 Å². The van der Waals surface area contributed by atoms with Gasteiger partial charge in [0, 0.05) is 0 Å². The third kappa shape index (κ3) is 4.78. The van der Waals surface area contributed by atoms with Crippen LogP contribution in [0.3, 0.4) is 0 Å². The van der Waals surface area contributed by atoms with Gasteiger partial charge in [-0.3, -0.25) is 14.4 Å². The number of methoxy groups -OCH3 is 1. The van der Waals surface area contributed by atoms with Gasteiger partial charge in [-0.05, 0) is 50.2 Å². The van der Waals surface area contributed by atoms with Crippen molar-refractivity contribution in [2.75, 3.05) is 7.11 Å². The number of nitrogens with zero attached hydrogens (tertiary/aromatic N) is 2. The van der Waals surface area contributed by atoms with E-state index in [1.54, 1.807) is 24.3 Å². The molecule has 0 bridgehead atoms. The summed E-state index contributed by atoms with van der Waals surface area (Å²) in [6, 6.07) is 13.9. The van der Waals surface area contributed by atoms with Gasteiger partial charge in [0.05, 0.1) is 24.3 Å². The van der Waals surface area contributed by atoms with Crippen molar-refractivity contribution < 1.29 is 28.6 Å². The highest BCUT2D eigenvalue weighted by Crippen LogP contribution is 2.24. The molecule has 0 saturated carbocycles. The summed E-state index contributed by atoms with van der Waals surface area (Å²) in [6.07, 6.45) is 0.512. The minimum absolute atomic E-state index is 0.341. The average Bonchev–Trinajstić information content (AvgIpc) is 2.74. The van der Waals surface area contributed by atoms with E-state index < -0.39 is 29.6 Å². The van der Waals surface area contributed by atoms with Crippen LogP contribution in [0.5, 0.6) is 17.4 Å². The van der Waals surface area contributed by atoms with Crippen LogP contribution in [-0.4, -0.2) is 40.7 Å². The summed E-state index contributed by atoms with van der Waals surface area (Å²) in [4.78, 5) is 44.4. The van der Waals surface area contributed by atoms with E-state index in [1.807, 2.05) is 24.3 Å². The normalized spacial score (nSPS) is 12.6. The standard InChI is InChI=1S/C22H20N2O6/c1-13(25)20(22(27)28-3)21(26)14(2)29-15-8-10-16(11-9-15)30-19-12-23-17-6-4-5-7-18(17)24-19/h4-12,14,20H,1-3H3. The van der Waals surface area contributed by atoms with E-state index in [1.165, 1.54) is 13.1 Å². The van der Waals surface area contributed by atoms with Gasteiger partial charge in [-0.15, -0.1) is 0 Å². The molecule has 8 heteroatoms. The fraction of sp³-hybridized carbons (Fsp3) is 0.227. The maximum Gasteiger partial charge on any atom is 0.323 e. The Balaban J connectivity index is 1.66. The van der Waals surface area contributed by atoms with Crippen molar-refractivity contribution >= 4 is 28.6 Å². The summed E-state index contributed by atoms with van der Waals surface area (Å²) >= 11 is 0. The van der Waals surface area contributed by atoms with Crippen molar-refractivity contribution in [3.05, 3.63) is 54.7 Å². The van der Waals surface area contributed by atoms with Crippen LogP contribution < -0.4 is 9.47 Å². The van der Waals surface area contributed by atoms with Gasteiger partial charge < -0.3 is 14.2 Å². The predicted octanol–water partition coefficient (Wildman–Crippen LogP) is 3.14. The molecule has 8 nitrogen and oxygen atoms in total. The molecular formula is C22H20N2O6. The molecule has 0 aliphatic rings. The van der Waals surface area contributed by atoms with Crippen molar-refractivity contribution in [2.45, 2.75) is 20.0 Å². The molecule has 0 fully saturated rings. The number of hydrogen-bond donors (Lipinski definition) is 0. The first kappa shape index (κ1) is 20.9. The summed E-state index contributed by atoms with van der Waals surface area (Å²) in [5, 5.41) is 0. The number of Topliss-reactive ketones (excluding diaryl/α,β-unsaturated/α-hetero) is 2. The van der Waals surface area contributed by atoms with Gasteiger partial charge in [0.15, 0.2) is 23.6 Å². The van der Waals surface area contributed by atoms with Crippen LogP contribution in [0.2, 0.25) is 0 Å². The second-order valence-electron chi connectivity index (χ2n) is 6.50. The molecule has 0 aliphatic heterocycles. The second kappa shape index (κ2) is 9.13. The lowest BCUT2D eigenvalue weighted by Gasteiger charge is -2.17. The Labute approximate surface area is 172 Å². The number of ether oxygens (including phenoxy) is 3. The third-order valence-corrected chi connectivity index (χ3v) is 4.31. The summed E-state index contributed by atoms with van der Waals surface area (Å²) in [5.41, 5.74) is 1.48. The quantitative estimate of drug-likeness (QED) is 0.414. The molecule has 0 saturated heterocycles. The van der Waals surface area contributed by atoms with Gasteiger partial charge in [-0.2, -0.15) is 0 Å². The van der Waals surface area contributed by atoms with Gasteiger partial charge >= 0.3 is 5.97 Å². The van der Waals surface area contributed by atoms with E-state index in [0.717, 1.165) is 19.6 Å². The molecule has 3 aromatic rings. The maximum atomic E-state index is 12.4. The summed E-state index contributed by atoms with van der Waals surface area (Å²) in [5.74, 6) is -2.44. The number of carbonyl (C=O) groups is 3. The zero-order valence-electron chi connectivity index (χ0n) is 16.7. The van der Waals surface area contributed by atoms with Gasteiger partial charge in [0.25, 0.3) is 0 Å². The van der Waals surface area contributed by atoms with Crippen LogP contribution in [0.15, 0.2) is 54.7 Å². The Morgan fingerprint density at radius 1 is 0.933 bits per heavy atom. The summed E-state index contributed by atoms with van der Waals surface area (Å²) in [6.45, 7) is 2.63. The van der Waals surface area contributed by atoms with Gasteiger partial charge in [0.1, 0.15) is 11.5 Å². The Bertz CT molecular complexity index is 1080. The zero-order chi connectivity index (χ0) is 21.7. The summed E-state index contributed by atoms with van der Waals surface area (Å²) < 4.78 is 15.8. The van der Waals surface area contributed by atoms with Crippen molar-refractivity contribution in [3.63, 3.8) is 0 Å². The third-order valence-electron chi connectivity index (χ3n) is 4.31. The molecule has 30 heavy (non-hydrogen) atoms. The number of carbonyl (C=O) groups excluding carboxylic acids is 3. The van der Waals surface area contributed by atoms with E-state index in [4.69, 9.17) is 9.47 Å². The maximum absolute atomic E-state index is 12.4. The molecule has 0 amide bonds. The Kier molecular flexibility index (Phi) is 6.36. The first-order valence-corrected chi connectivity index (χ1v) is 9.17. The SMILES string of the molecule is COC(=O)C(C(C)=O)C(=O)C(C)Oc1ccc(Oc2cnc3ccccc3n2)cc1. The molecule has 1 aromatic heterocycles. The highest BCUT2D eigenvalue weighted by atomic mass is 16.5. The zero-order valence-corrected chi connectivity index (χ0v) is 16.7.